The van der Waals surface area contributed by atoms with Crippen LogP contribution in [0, 0.1) is 6.92 Å². The molecule has 1 aliphatic rings. The molecule has 2 heterocycles. The number of aryl methyl sites for hydroxylation is 1. The standard InChI is InChI=1S/C9H15N3O3S/c1-7-10-5-9(11-7)16(14,15)12-4-2-3-8(12)6-13/h5,8,13H,2-4,6H2,1H3,(H,10,11). The van der Waals surface area contributed by atoms with Crippen LogP contribution in [0.1, 0.15) is 18.7 Å². The predicted molar refractivity (Wildman–Crippen MR) is 57.3 cm³/mol. The first kappa shape index (κ1) is 11.6. The van der Waals surface area contributed by atoms with Crippen LogP contribution in [0.15, 0.2) is 11.2 Å². The van der Waals surface area contributed by atoms with Gasteiger partial charge in [0.15, 0.2) is 5.03 Å². The molecule has 0 saturated carbocycles. The Morgan fingerprint density at radius 2 is 2.44 bits per heavy atom. The Kier molecular flexibility index (Phi) is 3.00. The Labute approximate surface area is 94.4 Å². The van der Waals surface area contributed by atoms with Crippen LogP contribution < -0.4 is 0 Å². The van der Waals surface area contributed by atoms with Crippen molar-refractivity contribution in [2.24, 2.45) is 0 Å². The Morgan fingerprint density at radius 1 is 1.69 bits per heavy atom. The van der Waals surface area contributed by atoms with Crippen molar-refractivity contribution in [2.75, 3.05) is 13.2 Å². The summed E-state index contributed by atoms with van der Waals surface area (Å²) in [7, 11) is -3.52. The number of aromatic amines is 1. The van der Waals surface area contributed by atoms with Crippen molar-refractivity contribution in [1.82, 2.24) is 14.3 Å². The van der Waals surface area contributed by atoms with Gasteiger partial charge in [0.05, 0.1) is 12.8 Å². The molecule has 0 aromatic carbocycles. The second-order valence-electron chi connectivity index (χ2n) is 3.93. The van der Waals surface area contributed by atoms with Crippen LogP contribution in [0.2, 0.25) is 0 Å². The monoisotopic (exact) mass is 245 g/mol. The first-order chi connectivity index (χ1) is 7.55. The summed E-state index contributed by atoms with van der Waals surface area (Å²) in [5.74, 6) is 0.568. The molecule has 0 spiro atoms. The summed E-state index contributed by atoms with van der Waals surface area (Å²) in [5, 5.41) is 9.22. The van der Waals surface area contributed by atoms with Gasteiger partial charge < -0.3 is 10.1 Å². The number of aliphatic hydroxyl groups excluding tert-OH is 1. The van der Waals surface area contributed by atoms with Gasteiger partial charge in [0, 0.05) is 12.6 Å². The van der Waals surface area contributed by atoms with E-state index in [0.29, 0.717) is 18.8 Å². The highest BCUT2D eigenvalue weighted by molar-refractivity contribution is 7.89. The van der Waals surface area contributed by atoms with E-state index in [1.54, 1.807) is 6.92 Å². The average molecular weight is 245 g/mol. The zero-order chi connectivity index (χ0) is 11.8. The number of rotatable bonds is 3. The number of H-pyrrole nitrogens is 1. The molecular weight excluding hydrogens is 230 g/mol. The number of aliphatic hydroxyl groups is 1. The molecule has 1 unspecified atom stereocenters. The molecule has 1 aliphatic heterocycles. The van der Waals surface area contributed by atoms with Gasteiger partial charge in [0.2, 0.25) is 0 Å². The molecule has 1 saturated heterocycles. The molecule has 6 nitrogen and oxygen atoms in total. The summed E-state index contributed by atoms with van der Waals surface area (Å²) in [4.78, 5) is 6.60. The van der Waals surface area contributed by atoms with Gasteiger partial charge in [-0.1, -0.05) is 0 Å². The SMILES string of the molecule is Cc1ncc(S(=O)(=O)N2CCCC2CO)[nH]1. The van der Waals surface area contributed by atoms with Gasteiger partial charge in [-0.2, -0.15) is 4.31 Å². The van der Waals surface area contributed by atoms with Crippen LogP contribution in [-0.2, 0) is 10.0 Å². The van der Waals surface area contributed by atoms with Crippen molar-refractivity contribution in [3.8, 4) is 0 Å². The number of hydrogen-bond acceptors (Lipinski definition) is 4. The molecule has 1 aromatic rings. The normalized spacial score (nSPS) is 22.8. The summed E-state index contributed by atoms with van der Waals surface area (Å²) in [6, 6.07) is -0.298. The second-order valence-corrected chi connectivity index (χ2v) is 5.79. The lowest BCUT2D eigenvalue weighted by molar-refractivity contribution is 0.213. The smallest absolute Gasteiger partial charge is 0.260 e. The number of sulfonamides is 1. The minimum Gasteiger partial charge on any atom is -0.395 e. The lowest BCUT2D eigenvalue weighted by Gasteiger charge is -2.21. The summed E-state index contributed by atoms with van der Waals surface area (Å²) in [5.41, 5.74) is 0. The van der Waals surface area contributed by atoms with E-state index in [0.717, 1.165) is 6.42 Å². The topological polar surface area (TPSA) is 86.3 Å². The van der Waals surface area contributed by atoms with Crippen LogP contribution in [0.25, 0.3) is 0 Å². The van der Waals surface area contributed by atoms with Gasteiger partial charge in [-0.25, -0.2) is 13.4 Å². The Hall–Kier alpha value is -0.920. The van der Waals surface area contributed by atoms with Gasteiger partial charge in [-0.3, -0.25) is 0 Å². The predicted octanol–water partition coefficient (Wildman–Crippen LogP) is -0.136. The number of hydrogen-bond donors (Lipinski definition) is 2. The minimum absolute atomic E-state index is 0.102. The number of nitrogens with zero attached hydrogens (tertiary/aromatic N) is 2. The number of imidazole rings is 1. The molecule has 0 amide bonds. The fourth-order valence-electron chi connectivity index (χ4n) is 1.96. The maximum Gasteiger partial charge on any atom is 0.260 e. The van der Waals surface area contributed by atoms with Crippen molar-refractivity contribution >= 4 is 10.0 Å². The molecule has 0 bridgehead atoms. The van der Waals surface area contributed by atoms with Crippen LogP contribution in [0.4, 0.5) is 0 Å². The van der Waals surface area contributed by atoms with E-state index in [2.05, 4.69) is 9.97 Å². The van der Waals surface area contributed by atoms with Gasteiger partial charge >= 0.3 is 0 Å². The molecule has 1 atom stereocenters. The van der Waals surface area contributed by atoms with E-state index in [9.17, 15) is 8.42 Å². The van der Waals surface area contributed by atoms with E-state index in [1.807, 2.05) is 0 Å². The lowest BCUT2D eigenvalue weighted by Crippen LogP contribution is -2.37. The Morgan fingerprint density at radius 3 is 3.00 bits per heavy atom. The highest BCUT2D eigenvalue weighted by Crippen LogP contribution is 2.24. The Bertz CT molecular complexity index is 468. The summed E-state index contributed by atoms with van der Waals surface area (Å²) in [6.45, 7) is 2.03. The Balaban J connectivity index is 2.32. The summed E-state index contributed by atoms with van der Waals surface area (Å²) >= 11 is 0. The van der Waals surface area contributed by atoms with Gasteiger partial charge in [0.1, 0.15) is 5.82 Å². The third-order valence-electron chi connectivity index (χ3n) is 2.80. The second kappa shape index (κ2) is 4.15. The van der Waals surface area contributed by atoms with Crippen LogP contribution in [0.3, 0.4) is 0 Å². The van der Waals surface area contributed by atoms with Crippen LogP contribution in [-0.4, -0.2) is 47.0 Å². The average Bonchev–Trinajstić information content (AvgIpc) is 2.85. The summed E-state index contributed by atoms with van der Waals surface area (Å²) in [6.07, 6.45) is 2.82. The molecule has 90 valence electrons. The highest BCUT2D eigenvalue weighted by atomic mass is 32.2. The van der Waals surface area contributed by atoms with Crippen molar-refractivity contribution in [3.63, 3.8) is 0 Å². The lowest BCUT2D eigenvalue weighted by atomic mass is 10.2. The fraction of sp³-hybridized carbons (Fsp3) is 0.667. The molecule has 1 aromatic heterocycles. The van der Waals surface area contributed by atoms with Crippen molar-refractivity contribution in [3.05, 3.63) is 12.0 Å². The maximum absolute atomic E-state index is 12.2. The minimum atomic E-state index is -3.52. The van der Waals surface area contributed by atoms with Crippen LogP contribution >= 0.6 is 0 Å². The van der Waals surface area contributed by atoms with Crippen molar-refractivity contribution in [1.29, 1.82) is 0 Å². The zero-order valence-electron chi connectivity index (χ0n) is 9.05. The third-order valence-corrected chi connectivity index (χ3v) is 4.66. The van der Waals surface area contributed by atoms with Crippen LogP contribution in [0.5, 0.6) is 0 Å². The zero-order valence-corrected chi connectivity index (χ0v) is 9.87. The summed E-state index contributed by atoms with van der Waals surface area (Å²) < 4.78 is 25.7. The first-order valence-corrected chi connectivity index (χ1v) is 6.64. The number of aromatic nitrogens is 2. The van der Waals surface area contributed by atoms with E-state index in [1.165, 1.54) is 10.5 Å². The molecule has 16 heavy (non-hydrogen) atoms. The molecular formula is C9H15N3O3S. The van der Waals surface area contributed by atoms with E-state index in [-0.39, 0.29) is 17.7 Å². The molecule has 1 fully saturated rings. The van der Waals surface area contributed by atoms with Gasteiger partial charge in [-0.05, 0) is 19.8 Å². The van der Waals surface area contributed by atoms with Crippen molar-refractivity contribution in [2.45, 2.75) is 30.8 Å². The fourth-order valence-corrected chi connectivity index (χ4v) is 3.61. The molecule has 7 heteroatoms. The quantitative estimate of drug-likeness (QED) is 0.776. The number of nitrogens with one attached hydrogen (secondary N) is 1. The maximum atomic E-state index is 12.2. The van der Waals surface area contributed by atoms with E-state index >= 15 is 0 Å². The van der Waals surface area contributed by atoms with Gasteiger partial charge in [0.25, 0.3) is 10.0 Å². The highest BCUT2D eigenvalue weighted by Gasteiger charge is 2.35. The van der Waals surface area contributed by atoms with E-state index < -0.39 is 10.0 Å². The third kappa shape index (κ3) is 1.85. The molecule has 0 radical (unpaired) electrons. The van der Waals surface area contributed by atoms with E-state index in [4.69, 9.17) is 5.11 Å². The van der Waals surface area contributed by atoms with Crippen molar-refractivity contribution < 1.29 is 13.5 Å². The molecule has 0 aliphatic carbocycles. The van der Waals surface area contributed by atoms with Gasteiger partial charge in [-0.15, -0.1) is 0 Å². The molecule has 2 N–H and O–H groups in total. The molecule has 2 rings (SSSR count). The first-order valence-electron chi connectivity index (χ1n) is 5.20. The largest absolute Gasteiger partial charge is 0.395 e.